The summed E-state index contributed by atoms with van der Waals surface area (Å²) in [6.45, 7) is -1.30. The number of aliphatic imine (C=N–C) groups is 2. The van der Waals surface area contributed by atoms with Crippen LogP contribution in [0.5, 0.6) is 0 Å². The number of phosphoric acid groups is 2. The van der Waals surface area contributed by atoms with Crippen molar-refractivity contribution in [3.8, 4) is 0 Å². The second-order valence-electron chi connectivity index (χ2n) is 11.0. The standard InChI is InChI=1S/C23H29N9O14P2/c1-40-3-2-9-12-18(26-6-25-9)31(7-27-12)21-15(34)16-11(44-21)5-42-48(38,39)46-17-14(33)10(4-41-47(36,37)45-16)43-22(17)32-8-28-13-19(32)29-23(24)30-20(13)35/h6-8,10-11,13-17,21-22,33-34H,2-5H2,1H3,(H,36,37)(H,38,39)(H2,24,30,35)/t10-,11-,13?,14-,15-,16-,17-,21-,22-/m1/s1. The summed E-state index contributed by atoms with van der Waals surface area (Å²) in [6.07, 6.45) is -8.55. The molecule has 6 N–H and O–H groups in total. The predicted molar refractivity (Wildman–Crippen MR) is 154 cm³/mol. The van der Waals surface area contributed by atoms with Gasteiger partial charge in [-0.3, -0.25) is 48.1 Å². The Hall–Kier alpha value is -3.15. The van der Waals surface area contributed by atoms with E-state index in [4.69, 9.17) is 37.7 Å². The molecule has 0 aliphatic carbocycles. The molecule has 1 amide bonds. The van der Waals surface area contributed by atoms with E-state index in [1.807, 2.05) is 0 Å². The lowest BCUT2D eigenvalue weighted by atomic mass is 10.1. The number of hydrogen-bond acceptors (Lipinski definition) is 18. The van der Waals surface area contributed by atoms with Gasteiger partial charge in [-0.15, -0.1) is 0 Å². The third-order valence-electron chi connectivity index (χ3n) is 8.03. The first kappa shape index (κ1) is 33.4. The zero-order valence-electron chi connectivity index (χ0n) is 24.7. The number of aliphatic hydroxyl groups excluding tert-OH is 2. The van der Waals surface area contributed by atoms with Gasteiger partial charge in [-0.25, -0.2) is 24.1 Å². The van der Waals surface area contributed by atoms with Crippen LogP contribution in [0.2, 0.25) is 0 Å². The number of carbonyl (C=O) groups excluding carboxylic acids is 1. The molecule has 2 bridgehead atoms. The van der Waals surface area contributed by atoms with Gasteiger partial charge >= 0.3 is 15.6 Å². The van der Waals surface area contributed by atoms with Gasteiger partial charge in [-0.2, -0.15) is 4.99 Å². The highest BCUT2D eigenvalue weighted by molar-refractivity contribution is 7.47. The monoisotopic (exact) mass is 717 g/mol. The molecular formula is C23H29N9O14P2. The second-order valence-corrected chi connectivity index (χ2v) is 13.9. The SMILES string of the molecule is COCCc1ncnc2c1ncn2[C@@H]1O[C@@H]2COP(=O)(O)O[C@@H]3[C@H](O)[C@@H](COP(=O)(O)O[C@H]2[C@H]1O)O[C@H]3N1C=NC2C(=O)NC(=N)N=C21. The summed E-state index contributed by atoms with van der Waals surface area (Å²) in [5, 5.41) is 32.3. The van der Waals surface area contributed by atoms with Gasteiger partial charge in [-0.1, -0.05) is 0 Å². The van der Waals surface area contributed by atoms with Crippen LogP contribution in [-0.2, 0) is 52.7 Å². The van der Waals surface area contributed by atoms with Crippen LogP contribution in [0, 0.1) is 5.41 Å². The number of ether oxygens (including phenoxy) is 3. The molecule has 0 spiro atoms. The van der Waals surface area contributed by atoms with Gasteiger partial charge in [0.15, 0.2) is 30.0 Å². The molecular weight excluding hydrogens is 688 g/mol. The van der Waals surface area contributed by atoms with Gasteiger partial charge in [0.2, 0.25) is 5.96 Å². The number of methoxy groups -OCH3 is 1. The second kappa shape index (κ2) is 12.6. The molecule has 7 heterocycles. The Bertz CT molecular complexity index is 1780. The maximum Gasteiger partial charge on any atom is 0.472 e. The lowest BCUT2D eigenvalue weighted by Crippen LogP contribution is -2.53. The number of aromatic nitrogens is 4. The molecule has 260 valence electrons. The molecule has 3 unspecified atom stereocenters. The van der Waals surface area contributed by atoms with Crippen LogP contribution in [0.4, 0.5) is 0 Å². The summed E-state index contributed by atoms with van der Waals surface area (Å²) in [5.74, 6) is -1.29. The Morgan fingerprint density at radius 2 is 1.73 bits per heavy atom. The number of imidazole rings is 1. The average molecular weight is 717 g/mol. The molecule has 25 heteroatoms. The fourth-order valence-electron chi connectivity index (χ4n) is 5.81. The van der Waals surface area contributed by atoms with E-state index in [0.717, 1.165) is 11.2 Å². The van der Waals surface area contributed by atoms with Gasteiger partial charge in [0.25, 0.3) is 5.91 Å². The molecule has 7 rings (SSSR count). The number of rotatable bonds is 5. The van der Waals surface area contributed by atoms with Crippen LogP contribution >= 0.6 is 15.6 Å². The van der Waals surface area contributed by atoms with Gasteiger partial charge in [-0.05, 0) is 0 Å². The molecule has 3 fully saturated rings. The minimum Gasteiger partial charge on any atom is -0.387 e. The van der Waals surface area contributed by atoms with Crippen molar-refractivity contribution in [2.24, 2.45) is 9.98 Å². The number of aliphatic hydroxyl groups is 2. The van der Waals surface area contributed by atoms with Gasteiger partial charge in [0.1, 0.15) is 48.5 Å². The predicted octanol–water partition coefficient (Wildman–Crippen LogP) is -2.45. The van der Waals surface area contributed by atoms with Crippen molar-refractivity contribution in [3.05, 3.63) is 18.3 Å². The van der Waals surface area contributed by atoms with Crippen LogP contribution in [0.15, 0.2) is 22.6 Å². The van der Waals surface area contributed by atoms with Crippen LogP contribution in [0.3, 0.4) is 0 Å². The van der Waals surface area contributed by atoms with Crippen molar-refractivity contribution in [1.29, 1.82) is 5.41 Å². The lowest BCUT2D eigenvalue weighted by molar-refractivity contribution is -0.119. The number of phosphoric ester groups is 2. The fourth-order valence-corrected chi connectivity index (χ4v) is 7.71. The van der Waals surface area contributed by atoms with Crippen molar-refractivity contribution in [3.63, 3.8) is 0 Å². The van der Waals surface area contributed by atoms with Crippen molar-refractivity contribution in [2.75, 3.05) is 26.9 Å². The minimum atomic E-state index is -5.13. The van der Waals surface area contributed by atoms with Crippen molar-refractivity contribution >= 4 is 50.9 Å². The number of nitrogens with one attached hydrogen (secondary N) is 2. The van der Waals surface area contributed by atoms with Crippen molar-refractivity contribution in [1.82, 2.24) is 29.7 Å². The number of hydrogen-bond donors (Lipinski definition) is 6. The van der Waals surface area contributed by atoms with Gasteiger partial charge in [0, 0.05) is 13.5 Å². The van der Waals surface area contributed by atoms with Crippen LogP contribution in [0.1, 0.15) is 11.9 Å². The first-order valence-corrected chi connectivity index (χ1v) is 17.3. The fraction of sp³-hybridized carbons (Fsp3) is 0.609. The highest BCUT2D eigenvalue weighted by Crippen LogP contribution is 2.53. The maximum atomic E-state index is 13.3. The lowest BCUT2D eigenvalue weighted by Gasteiger charge is -2.31. The van der Waals surface area contributed by atoms with Crippen LogP contribution in [-0.4, -0.2) is 144 Å². The Balaban J connectivity index is 1.16. The van der Waals surface area contributed by atoms with E-state index in [9.17, 15) is 33.9 Å². The molecule has 2 aromatic heterocycles. The Morgan fingerprint density at radius 1 is 1.02 bits per heavy atom. The number of nitrogens with zero attached hydrogens (tertiary/aromatic N) is 7. The van der Waals surface area contributed by atoms with Gasteiger partial charge < -0.3 is 34.2 Å². The highest BCUT2D eigenvalue weighted by atomic mass is 31.2. The topological polar surface area (TPSA) is 304 Å². The average Bonchev–Trinajstić information content (AvgIpc) is 3.79. The van der Waals surface area contributed by atoms with Crippen LogP contribution in [0.25, 0.3) is 11.2 Å². The summed E-state index contributed by atoms with van der Waals surface area (Å²) in [7, 11) is -8.67. The molecule has 11 atom stereocenters. The first-order valence-electron chi connectivity index (χ1n) is 14.3. The van der Waals surface area contributed by atoms with Crippen LogP contribution < -0.4 is 5.32 Å². The molecule has 3 saturated heterocycles. The third-order valence-corrected chi connectivity index (χ3v) is 10.00. The highest BCUT2D eigenvalue weighted by Gasteiger charge is 2.56. The molecule has 5 aliphatic heterocycles. The maximum absolute atomic E-state index is 13.3. The normalized spacial score (nSPS) is 40.1. The summed E-state index contributed by atoms with van der Waals surface area (Å²) in [5.41, 5.74) is 1.17. The summed E-state index contributed by atoms with van der Waals surface area (Å²) in [6, 6.07) is -1.18. The molecule has 2 aromatic rings. The van der Waals surface area contributed by atoms with E-state index in [1.54, 1.807) is 0 Å². The summed E-state index contributed by atoms with van der Waals surface area (Å²) >= 11 is 0. The van der Waals surface area contributed by atoms with E-state index >= 15 is 0 Å². The molecule has 0 saturated carbocycles. The van der Waals surface area contributed by atoms with Crippen molar-refractivity contribution < 1.29 is 66.2 Å². The Morgan fingerprint density at radius 3 is 2.48 bits per heavy atom. The molecule has 0 radical (unpaired) electrons. The zero-order chi connectivity index (χ0) is 34.0. The molecule has 0 aromatic carbocycles. The third kappa shape index (κ3) is 6.11. The summed E-state index contributed by atoms with van der Waals surface area (Å²) in [4.78, 5) is 55.6. The van der Waals surface area contributed by atoms with E-state index in [1.165, 1.54) is 24.3 Å². The van der Waals surface area contributed by atoms with Gasteiger partial charge in [0.05, 0.1) is 38.2 Å². The largest absolute Gasteiger partial charge is 0.472 e. The van der Waals surface area contributed by atoms with E-state index < -0.39 is 95.8 Å². The summed E-state index contributed by atoms with van der Waals surface area (Å²) < 4.78 is 65.6. The zero-order valence-corrected chi connectivity index (χ0v) is 26.4. The molecule has 5 aliphatic rings. The molecule has 23 nitrogen and oxygen atoms in total. The van der Waals surface area contributed by atoms with E-state index in [2.05, 4.69) is 30.3 Å². The Labute approximate surface area is 269 Å². The number of carbonyl (C=O) groups is 1. The quantitative estimate of drug-likeness (QED) is 0.175. The van der Waals surface area contributed by atoms with E-state index in [-0.39, 0.29) is 11.5 Å². The number of amides is 1. The first-order chi connectivity index (χ1) is 22.9. The smallest absolute Gasteiger partial charge is 0.387 e. The van der Waals surface area contributed by atoms with Crippen molar-refractivity contribution in [2.45, 2.75) is 61.5 Å². The Kier molecular flexibility index (Phi) is 8.77. The number of fused-ring (bicyclic) bond motifs is 5. The van der Waals surface area contributed by atoms with E-state index in [0.29, 0.717) is 24.2 Å². The minimum absolute atomic E-state index is 0.104. The number of guanidine groups is 1. The number of amidine groups is 1. The molecule has 48 heavy (non-hydrogen) atoms.